The van der Waals surface area contributed by atoms with Crippen LogP contribution in [0.3, 0.4) is 0 Å². The van der Waals surface area contributed by atoms with Crippen LogP contribution in [0.1, 0.15) is 5.56 Å². The Morgan fingerprint density at radius 3 is 2.10 bits per heavy atom. The predicted octanol–water partition coefficient (Wildman–Crippen LogP) is 3.33. The van der Waals surface area contributed by atoms with E-state index in [9.17, 15) is 4.79 Å². The molecule has 1 amide bonds. The first-order valence-electron chi connectivity index (χ1n) is 10.0. The number of aryl methyl sites for hydroxylation is 1. The molecule has 0 radical (unpaired) electrons. The average Bonchev–Trinajstić information content (AvgIpc) is 2.75. The molecule has 0 atom stereocenters. The Balaban J connectivity index is 1.50. The van der Waals surface area contributed by atoms with E-state index >= 15 is 0 Å². The van der Waals surface area contributed by atoms with Gasteiger partial charge in [-0.2, -0.15) is 0 Å². The molecular formula is C23H28N6O2. The largest absolute Gasteiger partial charge is 0.484 e. The number of aromatic nitrogens is 2. The van der Waals surface area contributed by atoms with Crippen LogP contribution in [0.5, 0.6) is 5.75 Å². The van der Waals surface area contributed by atoms with Crippen LogP contribution in [0.4, 0.5) is 23.0 Å². The molecule has 0 aliphatic carbocycles. The van der Waals surface area contributed by atoms with E-state index in [1.165, 1.54) is 11.9 Å². The summed E-state index contributed by atoms with van der Waals surface area (Å²) in [6.45, 7) is 3.42. The number of hydrogen-bond donors (Lipinski definition) is 3. The van der Waals surface area contributed by atoms with Crippen molar-refractivity contribution in [2.75, 3.05) is 44.4 Å². The van der Waals surface area contributed by atoms with E-state index in [1.807, 2.05) is 80.5 Å². The zero-order valence-electron chi connectivity index (χ0n) is 18.1. The lowest BCUT2D eigenvalue weighted by Crippen LogP contribution is -2.34. The van der Waals surface area contributed by atoms with Gasteiger partial charge in [0.2, 0.25) is 0 Å². The number of hydrogen-bond acceptors (Lipinski definition) is 7. The third-order valence-electron chi connectivity index (χ3n) is 4.37. The van der Waals surface area contributed by atoms with Crippen molar-refractivity contribution in [2.45, 2.75) is 6.92 Å². The molecular weight excluding hydrogens is 392 g/mol. The van der Waals surface area contributed by atoms with Crippen LogP contribution in [0, 0.1) is 6.92 Å². The molecule has 0 spiro atoms. The van der Waals surface area contributed by atoms with Crippen LogP contribution in [0.2, 0.25) is 0 Å². The summed E-state index contributed by atoms with van der Waals surface area (Å²) in [6.07, 6.45) is 1.51. The molecule has 8 nitrogen and oxygen atoms in total. The Labute approximate surface area is 182 Å². The summed E-state index contributed by atoms with van der Waals surface area (Å²) >= 11 is 0. The summed E-state index contributed by atoms with van der Waals surface area (Å²) in [4.78, 5) is 22.3. The fourth-order valence-corrected chi connectivity index (χ4v) is 2.68. The van der Waals surface area contributed by atoms with Crippen molar-refractivity contribution in [3.8, 4) is 5.75 Å². The number of carbonyl (C=O) groups excluding carboxylic acids is 1. The highest BCUT2D eigenvalue weighted by Crippen LogP contribution is 2.21. The SMILES string of the molecule is Cc1ccc(Nc2cc(Nc3ccc(OCC(=O)NCCN(C)C)cc3)ncn2)cc1. The van der Waals surface area contributed by atoms with Crippen molar-refractivity contribution >= 4 is 28.9 Å². The molecule has 3 rings (SSSR count). The second kappa shape index (κ2) is 10.9. The Bertz CT molecular complexity index is 974. The van der Waals surface area contributed by atoms with Crippen LogP contribution < -0.4 is 20.7 Å². The molecule has 0 aliphatic heterocycles. The van der Waals surface area contributed by atoms with Gasteiger partial charge in [-0.3, -0.25) is 4.79 Å². The lowest BCUT2D eigenvalue weighted by Gasteiger charge is -2.11. The standard InChI is InChI=1S/C23H28N6O2/c1-17-4-6-18(7-5-17)27-21-14-22(26-16-25-21)28-19-8-10-20(11-9-19)31-15-23(30)24-12-13-29(2)3/h4-11,14,16H,12-13,15H2,1-3H3,(H,24,30)(H2,25,26,27,28). The normalized spacial score (nSPS) is 10.6. The van der Waals surface area contributed by atoms with Gasteiger partial charge in [0, 0.05) is 30.5 Å². The maximum atomic E-state index is 11.8. The topological polar surface area (TPSA) is 91.4 Å². The van der Waals surface area contributed by atoms with Gasteiger partial charge >= 0.3 is 0 Å². The molecule has 0 aliphatic rings. The number of carbonyl (C=O) groups is 1. The number of ether oxygens (including phenoxy) is 1. The smallest absolute Gasteiger partial charge is 0.257 e. The van der Waals surface area contributed by atoms with Gasteiger partial charge in [0.1, 0.15) is 23.7 Å². The van der Waals surface area contributed by atoms with E-state index in [4.69, 9.17) is 4.74 Å². The summed E-state index contributed by atoms with van der Waals surface area (Å²) in [6, 6.07) is 17.3. The number of nitrogens with zero attached hydrogens (tertiary/aromatic N) is 3. The zero-order chi connectivity index (χ0) is 22.1. The lowest BCUT2D eigenvalue weighted by atomic mass is 10.2. The summed E-state index contributed by atoms with van der Waals surface area (Å²) in [7, 11) is 3.92. The highest BCUT2D eigenvalue weighted by molar-refractivity contribution is 5.77. The Hall–Kier alpha value is -3.65. The minimum absolute atomic E-state index is 0.0137. The second-order valence-corrected chi connectivity index (χ2v) is 7.37. The average molecular weight is 421 g/mol. The van der Waals surface area contributed by atoms with Gasteiger partial charge < -0.3 is 25.6 Å². The van der Waals surface area contributed by atoms with E-state index in [2.05, 4.69) is 25.9 Å². The first kappa shape index (κ1) is 22.0. The Morgan fingerprint density at radius 2 is 1.52 bits per heavy atom. The summed E-state index contributed by atoms with van der Waals surface area (Å²) < 4.78 is 5.54. The quantitative estimate of drug-likeness (QED) is 0.463. The number of anilines is 4. The molecule has 0 bridgehead atoms. The van der Waals surface area contributed by atoms with E-state index in [-0.39, 0.29) is 12.5 Å². The highest BCUT2D eigenvalue weighted by Gasteiger charge is 2.04. The molecule has 0 unspecified atom stereocenters. The molecule has 0 saturated heterocycles. The van der Waals surface area contributed by atoms with E-state index < -0.39 is 0 Å². The van der Waals surface area contributed by atoms with Crippen LogP contribution in [0.15, 0.2) is 60.9 Å². The fourth-order valence-electron chi connectivity index (χ4n) is 2.68. The summed E-state index contributed by atoms with van der Waals surface area (Å²) in [5.41, 5.74) is 3.01. The van der Waals surface area contributed by atoms with Crippen molar-refractivity contribution in [3.05, 3.63) is 66.5 Å². The maximum Gasteiger partial charge on any atom is 0.257 e. The van der Waals surface area contributed by atoms with Crippen molar-refractivity contribution in [1.82, 2.24) is 20.2 Å². The highest BCUT2D eigenvalue weighted by atomic mass is 16.5. The molecule has 31 heavy (non-hydrogen) atoms. The minimum Gasteiger partial charge on any atom is -0.484 e. The molecule has 3 N–H and O–H groups in total. The van der Waals surface area contributed by atoms with Gasteiger partial charge in [-0.05, 0) is 57.4 Å². The van der Waals surface area contributed by atoms with Crippen LogP contribution >= 0.6 is 0 Å². The van der Waals surface area contributed by atoms with Gasteiger partial charge in [-0.1, -0.05) is 17.7 Å². The molecule has 0 saturated carbocycles. The molecule has 2 aromatic carbocycles. The molecule has 8 heteroatoms. The summed E-state index contributed by atoms with van der Waals surface area (Å²) in [5, 5.41) is 9.32. The van der Waals surface area contributed by atoms with Crippen molar-refractivity contribution < 1.29 is 9.53 Å². The number of amides is 1. The zero-order valence-corrected chi connectivity index (χ0v) is 18.1. The minimum atomic E-state index is -0.140. The number of benzene rings is 2. The van der Waals surface area contributed by atoms with Gasteiger partial charge in [0.05, 0.1) is 0 Å². The molecule has 0 fully saturated rings. The van der Waals surface area contributed by atoms with Crippen LogP contribution in [-0.4, -0.2) is 54.6 Å². The van der Waals surface area contributed by atoms with Crippen LogP contribution in [-0.2, 0) is 4.79 Å². The number of rotatable bonds is 10. The fraction of sp³-hybridized carbons (Fsp3) is 0.261. The first-order chi connectivity index (χ1) is 15.0. The van der Waals surface area contributed by atoms with E-state index in [0.29, 0.717) is 23.9 Å². The van der Waals surface area contributed by atoms with E-state index in [0.717, 1.165) is 17.9 Å². The van der Waals surface area contributed by atoms with Gasteiger partial charge in [0.25, 0.3) is 5.91 Å². The van der Waals surface area contributed by atoms with Crippen molar-refractivity contribution in [2.24, 2.45) is 0 Å². The molecule has 3 aromatic rings. The lowest BCUT2D eigenvalue weighted by molar-refractivity contribution is -0.123. The first-order valence-corrected chi connectivity index (χ1v) is 10.0. The Morgan fingerprint density at radius 1 is 0.935 bits per heavy atom. The summed E-state index contributed by atoms with van der Waals surface area (Å²) in [5.74, 6) is 1.84. The van der Waals surface area contributed by atoms with Crippen molar-refractivity contribution in [1.29, 1.82) is 0 Å². The predicted molar refractivity (Wildman–Crippen MR) is 123 cm³/mol. The third kappa shape index (κ3) is 7.60. The number of nitrogens with one attached hydrogen (secondary N) is 3. The van der Waals surface area contributed by atoms with Gasteiger partial charge in [-0.15, -0.1) is 0 Å². The van der Waals surface area contributed by atoms with Crippen molar-refractivity contribution in [3.63, 3.8) is 0 Å². The van der Waals surface area contributed by atoms with Gasteiger partial charge in [0.15, 0.2) is 6.61 Å². The van der Waals surface area contributed by atoms with Gasteiger partial charge in [-0.25, -0.2) is 9.97 Å². The molecule has 162 valence electrons. The monoisotopic (exact) mass is 420 g/mol. The molecule has 1 aromatic heterocycles. The molecule has 1 heterocycles. The van der Waals surface area contributed by atoms with E-state index in [1.54, 1.807) is 0 Å². The maximum absolute atomic E-state index is 11.8. The Kier molecular flexibility index (Phi) is 7.78. The van der Waals surface area contributed by atoms with Crippen LogP contribution in [0.25, 0.3) is 0 Å². The number of likely N-dealkylation sites (N-methyl/N-ethyl adjacent to an activating group) is 1. The second-order valence-electron chi connectivity index (χ2n) is 7.37. The third-order valence-corrected chi connectivity index (χ3v) is 4.37.